The van der Waals surface area contributed by atoms with Crippen LogP contribution in [0.4, 0.5) is 10.2 Å². The molecule has 2 aromatic rings. The summed E-state index contributed by atoms with van der Waals surface area (Å²) >= 11 is 5.92. The van der Waals surface area contributed by atoms with E-state index in [0.29, 0.717) is 29.2 Å². The second-order valence-electron chi connectivity index (χ2n) is 4.44. The number of halogens is 2. The number of aromatic nitrogens is 2. The molecule has 1 aromatic heterocycles. The van der Waals surface area contributed by atoms with Crippen molar-refractivity contribution in [2.45, 2.75) is 20.4 Å². The third kappa shape index (κ3) is 2.99. The maximum Gasteiger partial charge on any atom is 0.198 e. The Morgan fingerprint density at radius 1 is 1.25 bits per heavy atom. The van der Waals surface area contributed by atoms with Crippen LogP contribution in [0.15, 0.2) is 18.5 Å². The first-order valence-corrected chi connectivity index (χ1v) is 6.44. The van der Waals surface area contributed by atoms with E-state index in [0.717, 1.165) is 5.56 Å². The fourth-order valence-electron chi connectivity index (χ4n) is 1.98. The second-order valence-corrected chi connectivity index (χ2v) is 4.80. The van der Waals surface area contributed by atoms with E-state index in [2.05, 4.69) is 15.3 Å². The molecule has 20 heavy (non-hydrogen) atoms. The summed E-state index contributed by atoms with van der Waals surface area (Å²) in [6.07, 6.45) is 1.36. The molecule has 0 aliphatic heterocycles. The van der Waals surface area contributed by atoms with Gasteiger partial charge >= 0.3 is 0 Å². The van der Waals surface area contributed by atoms with Gasteiger partial charge < -0.3 is 10.1 Å². The number of benzene rings is 1. The Kier molecular flexibility index (Phi) is 4.39. The van der Waals surface area contributed by atoms with E-state index >= 15 is 0 Å². The molecular weight excluding hydrogens is 281 g/mol. The van der Waals surface area contributed by atoms with Gasteiger partial charge in [0.1, 0.15) is 12.1 Å². The van der Waals surface area contributed by atoms with E-state index in [1.165, 1.54) is 13.4 Å². The second kappa shape index (κ2) is 6.05. The molecule has 1 N–H and O–H groups in total. The highest BCUT2D eigenvalue weighted by Gasteiger charge is 2.10. The van der Waals surface area contributed by atoms with Gasteiger partial charge in [0.25, 0.3) is 0 Å². The van der Waals surface area contributed by atoms with Crippen molar-refractivity contribution in [3.05, 3.63) is 46.1 Å². The number of rotatable bonds is 4. The number of hydrogen-bond donors (Lipinski definition) is 1. The molecule has 0 radical (unpaired) electrons. The van der Waals surface area contributed by atoms with Crippen LogP contribution in [0.2, 0.25) is 5.15 Å². The van der Waals surface area contributed by atoms with E-state index in [9.17, 15) is 4.39 Å². The van der Waals surface area contributed by atoms with Gasteiger partial charge in [-0.05, 0) is 30.5 Å². The molecule has 106 valence electrons. The molecule has 0 fully saturated rings. The first kappa shape index (κ1) is 14.5. The molecule has 1 heterocycles. The summed E-state index contributed by atoms with van der Waals surface area (Å²) in [5, 5.41) is 3.36. The third-order valence-corrected chi connectivity index (χ3v) is 3.19. The molecule has 1 aromatic carbocycles. The molecule has 0 amide bonds. The molecule has 0 atom stereocenters. The van der Waals surface area contributed by atoms with Crippen molar-refractivity contribution in [1.82, 2.24) is 9.97 Å². The molecule has 0 aliphatic carbocycles. The summed E-state index contributed by atoms with van der Waals surface area (Å²) in [5.41, 5.74) is 2.20. The lowest BCUT2D eigenvalue weighted by molar-refractivity contribution is 0.413. The first-order chi connectivity index (χ1) is 9.52. The summed E-state index contributed by atoms with van der Waals surface area (Å²) < 4.78 is 18.7. The Hall–Kier alpha value is -1.88. The standard InChI is InChI=1S/C14H15ClFN3O/c1-8-4-10(5-9(2)11(8)16)6-17-14-12(20-3)13(15)18-7-19-14/h4-5,7H,6H2,1-3H3,(H,17,18,19). The summed E-state index contributed by atoms with van der Waals surface area (Å²) in [7, 11) is 1.50. The van der Waals surface area contributed by atoms with Gasteiger partial charge in [-0.2, -0.15) is 0 Å². The van der Waals surface area contributed by atoms with E-state index in [4.69, 9.17) is 16.3 Å². The Morgan fingerprint density at radius 2 is 1.90 bits per heavy atom. The van der Waals surface area contributed by atoms with Crippen molar-refractivity contribution in [3.63, 3.8) is 0 Å². The van der Waals surface area contributed by atoms with Crippen LogP contribution < -0.4 is 10.1 Å². The topological polar surface area (TPSA) is 47.0 Å². The van der Waals surface area contributed by atoms with E-state index < -0.39 is 0 Å². The summed E-state index contributed by atoms with van der Waals surface area (Å²) in [4.78, 5) is 7.93. The molecule has 0 saturated heterocycles. The average molecular weight is 296 g/mol. The highest BCUT2D eigenvalue weighted by molar-refractivity contribution is 6.31. The van der Waals surface area contributed by atoms with Crippen molar-refractivity contribution in [3.8, 4) is 5.75 Å². The maximum absolute atomic E-state index is 13.6. The quantitative estimate of drug-likeness (QED) is 0.877. The molecule has 4 nitrogen and oxygen atoms in total. The molecular formula is C14H15ClFN3O. The normalized spacial score (nSPS) is 10.4. The number of nitrogens with one attached hydrogen (secondary N) is 1. The van der Waals surface area contributed by atoms with E-state index in [1.807, 2.05) is 0 Å². The third-order valence-electron chi connectivity index (χ3n) is 2.92. The molecule has 0 spiro atoms. The zero-order valence-corrected chi connectivity index (χ0v) is 12.3. The van der Waals surface area contributed by atoms with Crippen molar-refractivity contribution >= 4 is 17.4 Å². The van der Waals surface area contributed by atoms with Gasteiger partial charge in [-0.15, -0.1) is 0 Å². The van der Waals surface area contributed by atoms with Crippen LogP contribution in [-0.4, -0.2) is 17.1 Å². The Morgan fingerprint density at radius 3 is 2.50 bits per heavy atom. The molecule has 6 heteroatoms. The lowest BCUT2D eigenvalue weighted by Crippen LogP contribution is -2.05. The number of aryl methyl sites for hydroxylation is 2. The van der Waals surface area contributed by atoms with Gasteiger partial charge in [-0.3, -0.25) is 0 Å². The van der Waals surface area contributed by atoms with Crippen molar-refractivity contribution in [1.29, 1.82) is 0 Å². The van der Waals surface area contributed by atoms with Crippen LogP contribution in [0.1, 0.15) is 16.7 Å². The highest BCUT2D eigenvalue weighted by Crippen LogP contribution is 2.28. The number of anilines is 1. The van der Waals surface area contributed by atoms with Crippen molar-refractivity contribution < 1.29 is 9.13 Å². The largest absolute Gasteiger partial charge is 0.490 e. The average Bonchev–Trinajstić information content (AvgIpc) is 2.42. The fourth-order valence-corrected chi connectivity index (χ4v) is 2.19. The summed E-state index contributed by atoms with van der Waals surface area (Å²) in [6, 6.07) is 3.59. The predicted octanol–water partition coefficient (Wildman–Crippen LogP) is 3.51. The Labute approximate surface area is 122 Å². The van der Waals surface area contributed by atoms with Gasteiger partial charge in [0.2, 0.25) is 0 Å². The van der Waals surface area contributed by atoms with Gasteiger partial charge in [0.05, 0.1) is 7.11 Å². The van der Waals surface area contributed by atoms with Crippen LogP contribution in [0.5, 0.6) is 5.75 Å². The highest BCUT2D eigenvalue weighted by atomic mass is 35.5. The lowest BCUT2D eigenvalue weighted by atomic mass is 10.1. The first-order valence-electron chi connectivity index (χ1n) is 6.07. The number of nitrogens with zero attached hydrogens (tertiary/aromatic N) is 2. The minimum atomic E-state index is -0.170. The lowest BCUT2D eigenvalue weighted by Gasteiger charge is -2.11. The van der Waals surface area contributed by atoms with Crippen molar-refractivity contribution in [2.75, 3.05) is 12.4 Å². The molecule has 0 bridgehead atoms. The minimum Gasteiger partial charge on any atom is -0.490 e. The van der Waals surface area contributed by atoms with Crippen LogP contribution in [0, 0.1) is 19.7 Å². The van der Waals surface area contributed by atoms with Gasteiger partial charge in [0, 0.05) is 6.54 Å². The van der Waals surface area contributed by atoms with Gasteiger partial charge in [-0.1, -0.05) is 23.7 Å². The van der Waals surface area contributed by atoms with E-state index in [1.54, 1.807) is 26.0 Å². The Balaban J connectivity index is 2.19. The van der Waals surface area contributed by atoms with Crippen LogP contribution in [-0.2, 0) is 6.54 Å². The monoisotopic (exact) mass is 295 g/mol. The SMILES string of the molecule is COc1c(Cl)ncnc1NCc1cc(C)c(F)c(C)c1. The number of methoxy groups -OCH3 is 1. The van der Waals surface area contributed by atoms with Gasteiger partial charge in [-0.25, -0.2) is 14.4 Å². The fraction of sp³-hybridized carbons (Fsp3) is 0.286. The minimum absolute atomic E-state index is 0.170. The van der Waals surface area contributed by atoms with E-state index in [-0.39, 0.29) is 11.0 Å². The zero-order valence-electron chi connectivity index (χ0n) is 11.5. The molecule has 0 saturated carbocycles. The summed E-state index contributed by atoms with van der Waals surface area (Å²) in [6.45, 7) is 3.98. The Bertz CT molecular complexity index is 611. The molecule has 0 aliphatic rings. The predicted molar refractivity (Wildman–Crippen MR) is 76.8 cm³/mol. The van der Waals surface area contributed by atoms with Crippen LogP contribution in [0.25, 0.3) is 0 Å². The van der Waals surface area contributed by atoms with Crippen LogP contribution >= 0.6 is 11.6 Å². The number of ether oxygens (including phenoxy) is 1. The maximum atomic E-state index is 13.6. The zero-order chi connectivity index (χ0) is 14.7. The van der Waals surface area contributed by atoms with Gasteiger partial charge in [0.15, 0.2) is 16.7 Å². The molecule has 2 rings (SSSR count). The summed E-state index contributed by atoms with van der Waals surface area (Å²) in [5.74, 6) is 0.730. The molecule has 0 unspecified atom stereocenters. The number of hydrogen-bond acceptors (Lipinski definition) is 4. The smallest absolute Gasteiger partial charge is 0.198 e. The van der Waals surface area contributed by atoms with Crippen molar-refractivity contribution in [2.24, 2.45) is 0 Å². The van der Waals surface area contributed by atoms with Crippen LogP contribution in [0.3, 0.4) is 0 Å².